The summed E-state index contributed by atoms with van der Waals surface area (Å²) in [7, 11) is 0. The molecule has 2 nitrogen and oxygen atoms in total. The van der Waals surface area contributed by atoms with Gasteiger partial charge in [-0.2, -0.15) is 0 Å². The van der Waals surface area contributed by atoms with Crippen molar-refractivity contribution >= 4 is 0 Å². The van der Waals surface area contributed by atoms with Gasteiger partial charge >= 0.3 is 0 Å². The van der Waals surface area contributed by atoms with Gasteiger partial charge < -0.3 is 10.2 Å². The molecule has 19 heavy (non-hydrogen) atoms. The highest BCUT2D eigenvalue weighted by Gasteiger charge is 2.36. The lowest BCUT2D eigenvalue weighted by Crippen LogP contribution is -2.34. The van der Waals surface area contributed by atoms with E-state index in [-0.39, 0.29) is 17.9 Å². The second-order valence-corrected chi connectivity index (χ2v) is 6.22. The fourth-order valence-electron chi connectivity index (χ4n) is 4.05. The molecule has 0 aliphatic heterocycles. The highest BCUT2D eigenvalue weighted by Crippen LogP contribution is 2.42. The Morgan fingerprint density at radius 1 is 0.842 bits per heavy atom. The predicted molar refractivity (Wildman–Crippen MR) is 75.8 cm³/mol. The molecule has 0 aromatic heterocycles. The van der Waals surface area contributed by atoms with Crippen LogP contribution < -0.4 is 0 Å². The number of benzene rings is 1. The zero-order chi connectivity index (χ0) is 13.2. The molecular weight excluding hydrogens is 236 g/mol. The molecule has 2 N–H and O–H groups in total. The van der Waals surface area contributed by atoms with Crippen LogP contribution in [0, 0.1) is 11.8 Å². The number of hydrogen-bond donors (Lipinski definition) is 2. The van der Waals surface area contributed by atoms with Crippen molar-refractivity contribution in [2.24, 2.45) is 11.8 Å². The van der Waals surface area contributed by atoms with Crippen LogP contribution >= 0.6 is 0 Å². The first-order chi connectivity index (χ1) is 9.27. The van der Waals surface area contributed by atoms with E-state index in [1.165, 1.54) is 12.0 Å². The number of fused-ring (bicyclic) bond motifs is 1. The molecule has 0 saturated heterocycles. The van der Waals surface area contributed by atoms with Crippen LogP contribution in [0.25, 0.3) is 0 Å². The van der Waals surface area contributed by atoms with E-state index < -0.39 is 6.10 Å². The zero-order valence-corrected chi connectivity index (χ0v) is 11.5. The van der Waals surface area contributed by atoms with E-state index in [1.807, 2.05) is 6.07 Å². The number of aliphatic hydroxyl groups excluding tert-OH is 2. The van der Waals surface area contributed by atoms with Crippen molar-refractivity contribution < 1.29 is 10.2 Å². The van der Waals surface area contributed by atoms with Gasteiger partial charge in [-0.1, -0.05) is 37.1 Å². The molecule has 4 atom stereocenters. The molecule has 0 heterocycles. The van der Waals surface area contributed by atoms with E-state index >= 15 is 0 Å². The summed E-state index contributed by atoms with van der Waals surface area (Å²) in [5.41, 5.74) is 2.39. The number of rotatable bonds is 1. The Morgan fingerprint density at radius 3 is 2.42 bits per heavy atom. The van der Waals surface area contributed by atoms with Gasteiger partial charge in [-0.3, -0.25) is 0 Å². The largest absolute Gasteiger partial charge is 0.393 e. The summed E-state index contributed by atoms with van der Waals surface area (Å²) in [6.07, 6.45) is 6.95. The first kappa shape index (κ1) is 13.1. The van der Waals surface area contributed by atoms with Gasteiger partial charge in [0.2, 0.25) is 0 Å². The van der Waals surface area contributed by atoms with E-state index in [4.69, 9.17) is 0 Å². The van der Waals surface area contributed by atoms with Gasteiger partial charge in [-0.25, -0.2) is 0 Å². The maximum atomic E-state index is 10.8. The molecule has 3 rings (SSSR count). The maximum absolute atomic E-state index is 10.8. The quantitative estimate of drug-likeness (QED) is 0.761. The first-order valence-electron chi connectivity index (χ1n) is 7.71. The number of hydrogen-bond acceptors (Lipinski definition) is 2. The van der Waals surface area contributed by atoms with Crippen molar-refractivity contribution in [1.29, 1.82) is 0 Å². The van der Waals surface area contributed by atoms with Crippen molar-refractivity contribution in [2.75, 3.05) is 0 Å². The van der Waals surface area contributed by atoms with E-state index in [2.05, 4.69) is 18.2 Å². The maximum Gasteiger partial charge on any atom is 0.0824 e. The van der Waals surface area contributed by atoms with Gasteiger partial charge in [0.1, 0.15) is 0 Å². The summed E-state index contributed by atoms with van der Waals surface area (Å²) in [6.45, 7) is 0. The van der Waals surface area contributed by atoms with Gasteiger partial charge in [-0.05, 0) is 55.1 Å². The Morgan fingerprint density at radius 2 is 1.58 bits per heavy atom. The van der Waals surface area contributed by atoms with Crippen LogP contribution in [0.5, 0.6) is 0 Å². The molecule has 0 bridgehead atoms. The zero-order valence-electron chi connectivity index (χ0n) is 11.5. The minimum absolute atomic E-state index is 0.210. The Labute approximate surface area is 115 Å². The Bertz CT molecular complexity index is 429. The summed E-state index contributed by atoms with van der Waals surface area (Å²) in [4.78, 5) is 0. The average molecular weight is 260 g/mol. The van der Waals surface area contributed by atoms with Gasteiger partial charge in [0, 0.05) is 0 Å². The molecule has 1 saturated carbocycles. The van der Waals surface area contributed by atoms with Gasteiger partial charge in [0.05, 0.1) is 12.2 Å². The smallest absolute Gasteiger partial charge is 0.0824 e. The lowest BCUT2D eigenvalue weighted by Gasteiger charge is -2.36. The molecule has 0 amide bonds. The molecule has 1 fully saturated rings. The molecule has 0 spiro atoms. The van der Waals surface area contributed by atoms with Crippen molar-refractivity contribution in [3.63, 3.8) is 0 Å². The highest BCUT2D eigenvalue weighted by atomic mass is 16.3. The standard InChI is InChI=1S/C17H24O2/c18-16-11-4-3-9-14(16)15-10-5-7-12-6-1-2-8-13(12)17(15)19/h1-2,6,8,14-19H,3-5,7,9-11H2. The minimum Gasteiger partial charge on any atom is -0.393 e. The molecule has 2 aliphatic carbocycles. The minimum atomic E-state index is -0.392. The van der Waals surface area contributed by atoms with E-state index in [1.54, 1.807) is 0 Å². The first-order valence-corrected chi connectivity index (χ1v) is 7.71. The normalized spacial score (nSPS) is 35.5. The second-order valence-electron chi connectivity index (χ2n) is 6.22. The van der Waals surface area contributed by atoms with Crippen molar-refractivity contribution in [2.45, 2.75) is 57.2 Å². The molecule has 2 heteroatoms. The molecule has 4 unspecified atom stereocenters. The number of aliphatic hydroxyl groups is 2. The summed E-state index contributed by atoms with van der Waals surface area (Å²) in [6, 6.07) is 8.27. The van der Waals surface area contributed by atoms with Crippen LogP contribution in [-0.4, -0.2) is 16.3 Å². The topological polar surface area (TPSA) is 40.5 Å². The fraction of sp³-hybridized carbons (Fsp3) is 0.647. The van der Waals surface area contributed by atoms with E-state index in [0.717, 1.165) is 44.1 Å². The summed E-state index contributed by atoms with van der Waals surface area (Å²) >= 11 is 0. The van der Waals surface area contributed by atoms with Gasteiger partial charge in [-0.15, -0.1) is 0 Å². The van der Waals surface area contributed by atoms with Gasteiger partial charge in [0.15, 0.2) is 0 Å². The number of aryl methyl sites for hydroxylation is 1. The van der Waals surface area contributed by atoms with Crippen LogP contribution in [0.3, 0.4) is 0 Å². The summed E-state index contributed by atoms with van der Waals surface area (Å²) < 4.78 is 0. The Kier molecular flexibility index (Phi) is 3.90. The van der Waals surface area contributed by atoms with Crippen molar-refractivity contribution in [1.82, 2.24) is 0 Å². The molecule has 1 aromatic carbocycles. The van der Waals surface area contributed by atoms with Crippen molar-refractivity contribution in [3.8, 4) is 0 Å². The Balaban J connectivity index is 1.86. The molecule has 1 aromatic rings. The third kappa shape index (κ3) is 2.56. The molecule has 104 valence electrons. The monoisotopic (exact) mass is 260 g/mol. The Hall–Kier alpha value is -0.860. The fourth-order valence-corrected chi connectivity index (χ4v) is 4.05. The van der Waals surface area contributed by atoms with Crippen LogP contribution in [0.15, 0.2) is 24.3 Å². The third-order valence-corrected chi connectivity index (χ3v) is 5.09. The van der Waals surface area contributed by atoms with Crippen molar-refractivity contribution in [3.05, 3.63) is 35.4 Å². The molecule has 0 radical (unpaired) electrons. The average Bonchev–Trinajstić information content (AvgIpc) is 2.60. The summed E-state index contributed by atoms with van der Waals surface area (Å²) in [5, 5.41) is 21.0. The van der Waals surface area contributed by atoms with Crippen LogP contribution in [-0.2, 0) is 6.42 Å². The van der Waals surface area contributed by atoms with Crippen LogP contribution in [0.4, 0.5) is 0 Å². The SMILES string of the molecule is OC1CCCCC1C1CCCc2ccccc2C1O. The van der Waals surface area contributed by atoms with Crippen LogP contribution in [0.1, 0.15) is 55.8 Å². The van der Waals surface area contributed by atoms with Gasteiger partial charge in [0.25, 0.3) is 0 Å². The van der Waals surface area contributed by atoms with Crippen LogP contribution in [0.2, 0.25) is 0 Å². The van der Waals surface area contributed by atoms with E-state index in [9.17, 15) is 10.2 Å². The second kappa shape index (κ2) is 5.64. The highest BCUT2D eigenvalue weighted by molar-refractivity contribution is 5.30. The summed E-state index contributed by atoms with van der Waals surface area (Å²) in [5.74, 6) is 0.522. The third-order valence-electron chi connectivity index (χ3n) is 5.09. The molecule has 2 aliphatic rings. The lowest BCUT2D eigenvalue weighted by molar-refractivity contribution is -0.0182. The molecular formula is C17H24O2. The van der Waals surface area contributed by atoms with E-state index in [0.29, 0.717) is 0 Å². The lowest BCUT2D eigenvalue weighted by atomic mass is 9.73. The predicted octanol–water partition coefficient (Wildman–Crippen LogP) is 3.22.